The van der Waals surface area contributed by atoms with Gasteiger partial charge >= 0.3 is 29.8 Å². The molecule has 1 aliphatic heterocycles. The molecule has 2 aliphatic rings. The molecule has 2 fully saturated rings. The summed E-state index contributed by atoms with van der Waals surface area (Å²) >= 11 is 0. The molecule has 0 aromatic heterocycles. The van der Waals surface area contributed by atoms with Crippen LogP contribution in [0.15, 0.2) is 24.3 Å². The first-order valence-electron chi connectivity index (χ1n) is 21.6. The minimum atomic E-state index is -1.34. The predicted octanol–water partition coefficient (Wildman–Crippen LogP) is 4.29. The number of hydroxylamine groups is 2. The molecule has 0 bridgehead atoms. The molecule has 1 saturated carbocycles. The number of unbranched alkanes of at least 4 members (excludes halogenated alkanes) is 1. The van der Waals surface area contributed by atoms with Crippen molar-refractivity contribution in [3.8, 4) is 0 Å². The SMILES string of the molecule is Cc1cccc(C(=O)NCCCC[C@@H](CC(=O)C[C@H](CC(=O)O)CC(=O)C[C@H](CC(=O)O)CC(=O)C[C@H](CC(=O)O)CC(=O)C2CCC(C(=O)ON3C(=O)CCC3=O)CC2)C(=O)O)c1. The van der Waals surface area contributed by atoms with Crippen LogP contribution < -0.4 is 5.32 Å². The fraction of sp³-hybridized carbons (Fsp3) is 0.600. The third-order valence-corrected chi connectivity index (χ3v) is 11.5. The highest BCUT2D eigenvalue weighted by Crippen LogP contribution is 2.33. The highest BCUT2D eigenvalue weighted by molar-refractivity contribution is 6.01. The lowest BCUT2D eigenvalue weighted by atomic mass is 9.77. The number of hydrogen-bond acceptors (Lipinski definition) is 13. The van der Waals surface area contributed by atoms with E-state index in [1.807, 2.05) is 13.0 Å². The van der Waals surface area contributed by atoms with Gasteiger partial charge < -0.3 is 30.6 Å². The number of carboxylic acids is 4. The second kappa shape index (κ2) is 25.8. The molecule has 19 heteroatoms. The van der Waals surface area contributed by atoms with Crippen molar-refractivity contribution >= 4 is 70.7 Å². The number of benzene rings is 1. The van der Waals surface area contributed by atoms with E-state index in [1.165, 1.54) is 0 Å². The summed E-state index contributed by atoms with van der Waals surface area (Å²) in [6, 6.07) is 7.00. The van der Waals surface area contributed by atoms with Gasteiger partial charge in [0.15, 0.2) is 0 Å². The van der Waals surface area contributed by atoms with Gasteiger partial charge in [0.2, 0.25) is 0 Å². The van der Waals surface area contributed by atoms with Crippen LogP contribution in [0.1, 0.15) is 138 Å². The Morgan fingerprint density at radius 2 is 1.11 bits per heavy atom. The lowest BCUT2D eigenvalue weighted by Crippen LogP contribution is -2.36. The molecule has 3 amide bonds. The fourth-order valence-corrected chi connectivity index (χ4v) is 8.37. The Balaban J connectivity index is 1.50. The minimum absolute atomic E-state index is 0.0623. The van der Waals surface area contributed by atoms with Crippen LogP contribution in [0, 0.1) is 42.4 Å². The van der Waals surface area contributed by atoms with E-state index in [4.69, 9.17) is 4.84 Å². The summed E-state index contributed by atoms with van der Waals surface area (Å²) in [6.45, 7) is 2.12. The summed E-state index contributed by atoms with van der Waals surface area (Å²) in [6.07, 6.45) is -3.10. The maximum atomic E-state index is 13.3. The molecule has 1 saturated heterocycles. The van der Waals surface area contributed by atoms with E-state index in [0.29, 0.717) is 23.5 Å². The van der Waals surface area contributed by atoms with Gasteiger partial charge in [0.25, 0.3) is 17.7 Å². The molecule has 350 valence electrons. The number of imide groups is 1. The van der Waals surface area contributed by atoms with Crippen LogP contribution >= 0.6 is 0 Å². The summed E-state index contributed by atoms with van der Waals surface area (Å²) in [7, 11) is 0. The van der Waals surface area contributed by atoms with Crippen molar-refractivity contribution < 1.29 is 82.8 Å². The lowest BCUT2D eigenvalue weighted by molar-refractivity contribution is -0.201. The molecule has 1 heterocycles. The summed E-state index contributed by atoms with van der Waals surface area (Å²) in [5, 5.41) is 41.6. The number of ketones is 4. The van der Waals surface area contributed by atoms with E-state index in [-0.39, 0.29) is 69.6 Å². The Morgan fingerprint density at radius 1 is 0.641 bits per heavy atom. The van der Waals surface area contributed by atoms with E-state index in [1.54, 1.807) is 18.2 Å². The third-order valence-electron chi connectivity index (χ3n) is 11.5. The number of rotatable bonds is 30. The predicted molar refractivity (Wildman–Crippen MR) is 221 cm³/mol. The Morgan fingerprint density at radius 3 is 1.58 bits per heavy atom. The monoisotopic (exact) mass is 898 g/mol. The normalized spacial score (nSPS) is 18.0. The molecule has 19 nitrogen and oxygen atoms in total. The third kappa shape index (κ3) is 18.7. The average molecular weight is 899 g/mol. The van der Waals surface area contributed by atoms with Gasteiger partial charge in [0.05, 0.1) is 11.8 Å². The second-order valence-corrected chi connectivity index (χ2v) is 17.1. The molecule has 0 radical (unpaired) electrons. The number of carboxylic acid groups (broad SMARTS) is 4. The van der Waals surface area contributed by atoms with Crippen LogP contribution in [0.3, 0.4) is 0 Å². The van der Waals surface area contributed by atoms with Crippen molar-refractivity contribution in [2.45, 2.75) is 129 Å². The molecule has 1 aromatic rings. The van der Waals surface area contributed by atoms with Crippen molar-refractivity contribution in [1.29, 1.82) is 0 Å². The molecular formula is C45H58N2O17. The second-order valence-electron chi connectivity index (χ2n) is 17.1. The van der Waals surface area contributed by atoms with Crippen LogP contribution in [0.25, 0.3) is 0 Å². The lowest BCUT2D eigenvalue weighted by Gasteiger charge is -2.28. The summed E-state index contributed by atoms with van der Waals surface area (Å²) < 4.78 is 0. The molecule has 1 aliphatic carbocycles. The van der Waals surface area contributed by atoms with Crippen LogP contribution in [0.2, 0.25) is 0 Å². The summed E-state index contributed by atoms with van der Waals surface area (Å²) in [5.74, 6) is -15.0. The smallest absolute Gasteiger partial charge is 0.336 e. The van der Waals surface area contributed by atoms with Gasteiger partial charge in [-0.15, -0.1) is 5.06 Å². The highest BCUT2D eigenvalue weighted by Gasteiger charge is 2.38. The van der Waals surface area contributed by atoms with E-state index in [2.05, 4.69) is 5.32 Å². The van der Waals surface area contributed by atoms with Crippen molar-refractivity contribution in [2.24, 2.45) is 35.5 Å². The zero-order chi connectivity index (χ0) is 47.5. The standard InChI is InChI=1S/C45H58N2O17/c1-26-5-4-7-32(15-26)43(60)46-14-3-2-6-33(44(61)62)25-36(50)19-28(23-41(56)57)18-34(48)16-27(22-40(54)55)17-35(49)20-29(24-42(58)59)21-37(51)30-8-10-31(11-9-30)45(63)64-47-38(52)12-13-39(47)53/h4-5,7,15,27-31,33H,2-3,6,8-14,16-25H2,1H3,(H,46,60)(H,54,55)(H,56,57)(H,58,59)(H,61,62)/t27-,28+,29-,30?,31?,33-/m0/s1. The van der Waals surface area contributed by atoms with Gasteiger partial charge in [0.1, 0.15) is 23.1 Å². The first-order valence-corrected chi connectivity index (χ1v) is 21.6. The van der Waals surface area contributed by atoms with Gasteiger partial charge in [-0.2, -0.15) is 0 Å². The van der Waals surface area contributed by atoms with Crippen LogP contribution in [-0.2, 0) is 57.6 Å². The molecule has 4 atom stereocenters. The molecule has 0 spiro atoms. The van der Waals surface area contributed by atoms with Gasteiger partial charge in [-0.3, -0.25) is 52.7 Å². The number of aliphatic carboxylic acids is 4. The largest absolute Gasteiger partial charge is 0.481 e. The van der Waals surface area contributed by atoms with Crippen LogP contribution in [0.5, 0.6) is 0 Å². The number of hydrogen-bond donors (Lipinski definition) is 5. The van der Waals surface area contributed by atoms with Crippen LogP contribution in [-0.4, -0.2) is 103 Å². The highest BCUT2D eigenvalue weighted by atomic mass is 16.7. The average Bonchev–Trinajstić information content (AvgIpc) is 3.51. The Hall–Kier alpha value is -6.14. The molecule has 5 N–H and O–H groups in total. The minimum Gasteiger partial charge on any atom is -0.481 e. The van der Waals surface area contributed by atoms with E-state index >= 15 is 0 Å². The molecule has 3 rings (SSSR count). The maximum Gasteiger partial charge on any atom is 0.336 e. The number of carbonyl (C=O) groups excluding carboxylic acids is 8. The maximum absolute atomic E-state index is 13.3. The Bertz CT molecular complexity index is 1920. The zero-order valence-corrected chi connectivity index (χ0v) is 36.0. The van der Waals surface area contributed by atoms with Crippen molar-refractivity contribution in [3.05, 3.63) is 35.4 Å². The topological polar surface area (TPSA) is 310 Å². The van der Waals surface area contributed by atoms with Gasteiger partial charge in [-0.05, 0) is 75.3 Å². The van der Waals surface area contributed by atoms with E-state index in [9.17, 15) is 78.0 Å². The summed E-state index contributed by atoms with van der Waals surface area (Å²) in [5.41, 5.74) is 1.40. The number of nitrogens with one attached hydrogen (secondary N) is 1. The first-order chi connectivity index (χ1) is 30.2. The quantitative estimate of drug-likeness (QED) is 0.0531. The van der Waals surface area contributed by atoms with Crippen LogP contribution in [0.4, 0.5) is 0 Å². The van der Waals surface area contributed by atoms with Crippen molar-refractivity contribution in [3.63, 3.8) is 0 Å². The molecular weight excluding hydrogens is 840 g/mol. The zero-order valence-electron chi connectivity index (χ0n) is 36.0. The number of Topliss-reactive ketones (excluding diaryl/α,β-unsaturated/α-hetero) is 4. The van der Waals surface area contributed by atoms with E-state index < -0.39 is 152 Å². The molecule has 0 unspecified atom stereocenters. The first kappa shape index (κ1) is 52.2. The Labute approximate surface area is 369 Å². The van der Waals surface area contributed by atoms with Crippen molar-refractivity contribution in [2.75, 3.05) is 6.54 Å². The fourth-order valence-electron chi connectivity index (χ4n) is 8.37. The summed E-state index contributed by atoms with van der Waals surface area (Å²) in [4.78, 5) is 153. The van der Waals surface area contributed by atoms with Gasteiger partial charge in [-0.1, -0.05) is 24.1 Å². The Kier molecular flexibility index (Phi) is 21.1. The molecule has 64 heavy (non-hydrogen) atoms. The molecule has 1 aromatic carbocycles. The van der Waals surface area contributed by atoms with Crippen molar-refractivity contribution in [1.82, 2.24) is 10.4 Å². The van der Waals surface area contributed by atoms with E-state index in [0.717, 1.165) is 5.56 Å². The van der Waals surface area contributed by atoms with Gasteiger partial charge in [-0.25, -0.2) is 4.79 Å². The number of nitrogens with zero attached hydrogens (tertiary/aromatic N) is 1. The number of aryl methyl sites for hydroxylation is 1. The number of amides is 3. The van der Waals surface area contributed by atoms with Gasteiger partial charge in [0, 0.05) is 95.1 Å². The number of carbonyl (C=O) groups is 12.